The molecule has 0 unspecified atom stereocenters. The van der Waals surface area contributed by atoms with Crippen molar-refractivity contribution < 1.29 is 4.39 Å². The molecule has 0 aliphatic carbocycles. The number of halogens is 1. The Labute approximate surface area is 119 Å². The van der Waals surface area contributed by atoms with Crippen molar-refractivity contribution in [3.8, 4) is 22.3 Å². The standard InChI is InChI=1S/C18H14BF/c19-16-9-6-14(7-10-16)17-11-8-15(12-18(17)20)13-4-2-1-3-5-13/h1-12H,19H2. The Kier molecular flexibility index (Phi) is 3.38. The van der Waals surface area contributed by atoms with Crippen molar-refractivity contribution in [2.24, 2.45) is 0 Å². The molecular formula is C18H14BF. The van der Waals surface area contributed by atoms with E-state index >= 15 is 0 Å². The van der Waals surface area contributed by atoms with E-state index < -0.39 is 0 Å². The predicted molar refractivity (Wildman–Crippen MR) is 85.5 cm³/mol. The summed E-state index contributed by atoms with van der Waals surface area (Å²) in [5.41, 5.74) is 4.66. The van der Waals surface area contributed by atoms with Crippen LogP contribution >= 0.6 is 0 Å². The molecule has 0 radical (unpaired) electrons. The van der Waals surface area contributed by atoms with Crippen molar-refractivity contribution in [3.05, 3.63) is 78.6 Å². The van der Waals surface area contributed by atoms with Crippen molar-refractivity contribution in [1.29, 1.82) is 0 Å². The van der Waals surface area contributed by atoms with Crippen LogP contribution in [0.2, 0.25) is 0 Å². The fraction of sp³-hybridized carbons (Fsp3) is 0. The SMILES string of the molecule is Bc1ccc(-c2ccc(-c3ccccc3)cc2F)cc1. The van der Waals surface area contributed by atoms with E-state index in [0.29, 0.717) is 5.56 Å². The molecule has 96 valence electrons. The van der Waals surface area contributed by atoms with Gasteiger partial charge in [0.1, 0.15) is 13.7 Å². The molecule has 0 amide bonds. The summed E-state index contributed by atoms with van der Waals surface area (Å²) in [7, 11) is 2.03. The van der Waals surface area contributed by atoms with E-state index in [2.05, 4.69) is 0 Å². The van der Waals surface area contributed by atoms with Gasteiger partial charge in [0.15, 0.2) is 0 Å². The van der Waals surface area contributed by atoms with E-state index in [-0.39, 0.29) is 5.82 Å². The Hall–Kier alpha value is -2.35. The van der Waals surface area contributed by atoms with Gasteiger partial charge in [-0.3, -0.25) is 0 Å². The lowest BCUT2D eigenvalue weighted by Gasteiger charge is -2.07. The Balaban J connectivity index is 2.02. The lowest BCUT2D eigenvalue weighted by molar-refractivity contribution is 0.632. The third kappa shape index (κ3) is 2.50. The number of benzene rings is 3. The molecule has 0 aromatic heterocycles. The van der Waals surface area contributed by atoms with E-state index in [0.717, 1.165) is 16.7 Å². The highest BCUT2D eigenvalue weighted by molar-refractivity contribution is 6.32. The van der Waals surface area contributed by atoms with Gasteiger partial charge in [-0.2, -0.15) is 0 Å². The zero-order valence-corrected chi connectivity index (χ0v) is 11.3. The molecule has 0 saturated heterocycles. The topological polar surface area (TPSA) is 0 Å². The quantitative estimate of drug-likeness (QED) is 0.619. The molecule has 20 heavy (non-hydrogen) atoms. The lowest BCUT2D eigenvalue weighted by atomic mass is 9.93. The van der Waals surface area contributed by atoms with Crippen molar-refractivity contribution >= 4 is 13.3 Å². The van der Waals surface area contributed by atoms with Gasteiger partial charge in [0.2, 0.25) is 0 Å². The van der Waals surface area contributed by atoms with Crippen LogP contribution in [0, 0.1) is 5.82 Å². The molecule has 3 aromatic rings. The first-order valence-corrected chi connectivity index (χ1v) is 6.66. The van der Waals surface area contributed by atoms with E-state index in [9.17, 15) is 4.39 Å². The van der Waals surface area contributed by atoms with Crippen molar-refractivity contribution in [2.75, 3.05) is 0 Å². The third-order valence-corrected chi connectivity index (χ3v) is 3.44. The summed E-state index contributed by atoms with van der Waals surface area (Å²) in [5.74, 6) is -0.185. The summed E-state index contributed by atoms with van der Waals surface area (Å²) in [4.78, 5) is 0. The van der Waals surface area contributed by atoms with Gasteiger partial charge < -0.3 is 0 Å². The number of hydrogen-bond donors (Lipinski definition) is 0. The largest absolute Gasteiger partial charge is 0.206 e. The van der Waals surface area contributed by atoms with Crippen LogP contribution in [-0.4, -0.2) is 7.85 Å². The van der Waals surface area contributed by atoms with Gasteiger partial charge in [-0.15, -0.1) is 0 Å². The molecule has 0 atom stereocenters. The summed E-state index contributed by atoms with van der Waals surface area (Å²) in [6, 6.07) is 23.2. The smallest absolute Gasteiger partial charge is 0.139 e. The first-order valence-electron chi connectivity index (χ1n) is 6.66. The second kappa shape index (κ2) is 5.34. The summed E-state index contributed by atoms with van der Waals surface area (Å²) >= 11 is 0. The van der Waals surface area contributed by atoms with Gasteiger partial charge in [-0.1, -0.05) is 72.2 Å². The minimum Gasteiger partial charge on any atom is -0.206 e. The second-order valence-corrected chi connectivity index (χ2v) is 4.93. The molecule has 0 bridgehead atoms. The molecular weight excluding hydrogens is 246 g/mol. The zero-order valence-electron chi connectivity index (χ0n) is 11.3. The molecule has 0 saturated carbocycles. The Bertz CT molecular complexity index is 718. The maximum atomic E-state index is 14.3. The van der Waals surface area contributed by atoms with Gasteiger partial charge in [0.25, 0.3) is 0 Å². The molecule has 0 N–H and O–H groups in total. The van der Waals surface area contributed by atoms with Gasteiger partial charge in [0, 0.05) is 5.56 Å². The Morgan fingerprint density at radius 3 is 1.95 bits per heavy atom. The van der Waals surface area contributed by atoms with Crippen molar-refractivity contribution in [2.45, 2.75) is 0 Å². The minimum atomic E-state index is -0.185. The van der Waals surface area contributed by atoms with Gasteiger partial charge in [-0.05, 0) is 22.8 Å². The van der Waals surface area contributed by atoms with E-state index in [4.69, 9.17) is 0 Å². The van der Waals surface area contributed by atoms with Crippen LogP contribution in [0.15, 0.2) is 72.8 Å². The molecule has 0 spiro atoms. The molecule has 0 aliphatic rings. The van der Waals surface area contributed by atoms with Gasteiger partial charge >= 0.3 is 0 Å². The minimum absolute atomic E-state index is 0.185. The van der Waals surface area contributed by atoms with Crippen LogP contribution in [0.5, 0.6) is 0 Å². The van der Waals surface area contributed by atoms with Crippen LogP contribution in [-0.2, 0) is 0 Å². The normalized spacial score (nSPS) is 10.4. The highest BCUT2D eigenvalue weighted by atomic mass is 19.1. The van der Waals surface area contributed by atoms with E-state index in [1.165, 1.54) is 5.46 Å². The van der Waals surface area contributed by atoms with Crippen LogP contribution in [0.3, 0.4) is 0 Å². The molecule has 2 heteroatoms. The Morgan fingerprint density at radius 2 is 1.30 bits per heavy atom. The van der Waals surface area contributed by atoms with Crippen LogP contribution in [0.4, 0.5) is 4.39 Å². The number of rotatable bonds is 2. The zero-order chi connectivity index (χ0) is 13.9. The van der Waals surface area contributed by atoms with Crippen LogP contribution in [0.25, 0.3) is 22.3 Å². The first kappa shape index (κ1) is 12.7. The average molecular weight is 260 g/mol. The molecule has 0 aliphatic heterocycles. The van der Waals surface area contributed by atoms with Crippen molar-refractivity contribution in [1.82, 2.24) is 0 Å². The second-order valence-electron chi connectivity index (χ2n) is 4.93. The lowest BCUT2D eigenvalue weighted by Crippen LogP contribution is -1.99. The molecule has 0 fully saturated rings. The van der Waals surface area contributed by atoms with Gasteiger partial charge in [0.05, 0.1) is 0 Å². The number of hydrogen-bond acceptors (Lipinski definition) is 0. The predicted octanol–water partition coefficient (Wildman–Crippen LogP) is 3.42. The summed E-state index contributed by atoms with van der Waals surface area (Å²) in [6.07, 6.45) is 0. The van der Waals surface area contributed by atoms with Crippen LogP contribution in [0.1, 0.15) is 0 Å². The van der Waals surface area contributed by atoms with Crippen LogP contribution < -0.4 is 5.46 Å². The Morgan fingerprint density at radius 1 is 0.650 bits per heavy atom. The van der Waals surface area contributed by atoms with Gasteiger partial charge in [-0.25, -0.2) is 4.39 Å². The summed E-state index contributed by atoms with van der Waals surface area (Å²) in [5, 5.41) is 0. The maximum absolute atomic E-state index is 14.3. The molecule has 3 aromatic carbocycles. The maximum Gasteiger partial charge on any atom is 0.139 e. The van der Waals surface area contributed by atoms with Crippen molar-refractivity contribution in [3.63, 3.8) is 0 Å². The highest BCUT2D eigenvalue weighted by Gasteiger charge is 2.07. The monoisotopic (exact) mass is 260 g/mol. The van der Waals surface area contributed by atoms with E-state index in [1.54, 1.807) is 6.07 Å². The fourth-order valence-corrected chi connectivity index (χ4v) is 2.29. The van der Waals surface area contributed by atoms with E-state index in [1.807, 2.05) is 74.6 Å². The first-order chi connectivity index (χ1) is 9.74. The summed E-state index contributed by atoms with van der Waals surface area (Å²) < 4.78 is 14.3. The third-order valence-electron chi connectivity index (χ3n) is 3.44. The average Bonchev–Trinajstić information content (AvgIpc) is 2.49. The summed E-state index contributed by atoms with van der Waals surface area (Å²) in [6.45, 7) is 0. The molecule has 0 heterocycles. The fourth-order valence-electron chi connectivity index (χ4n) is 2.29. The molecule has 3 rings (SSSR count). The highest BCUT2D eigenvalue weighted by Crippen LogP contribution is 2.27. The molecule has 0 nitrogen and oxygen atoms in total.